The Labute approximate surface area is 155 Å². The van der Waals surface area contributed by atoms with Crippen LogP contribution in [0.5, 0.6) is 5.75 Å². The summed E-state index contributed by atoms with van der Waals surface area (Å²) in [4.78, 5) is 11.9. The lowest BCUT2D eigenvalue weighted by Gasteiger charge is -2.04. The zero-order chi connectivity index (χ0) is 18.6. The van der Waals surface area contributed by atoms with Gasteiger partial charge in [-0.15, -0.1) is 5.10 Å². The lowest BCUT2D eigenvalue weighted by atomic mass is 9.97. The summed E-state index contributed by atoms with van der Waals surface area (Å²) in [6.45, 7) is 4.94. The molecule has 138 valence electrons. The van der Waals surface area contributed by atoms with Crippen molar-refractivity contribution in [3.8, 4) is 5.75 Å². The summed E-state index contributed by atoms with van der Waals surface area (Å²) in [5, 5.41) is 8.08. The van der Waals surface area contributed by atoms with Crippen LogP contribution in [0, 0.1) is 0 Å². The second-order valence-electron chi connectivity index (χ2n) is 5.60. The Balaban J connectivity index is 1.65. The molecule has 1 aromatic heterocycles. The summed E-state index contributed by atoms with van der Waals surface area (Å²) in [5.41, 5.74) is 1.73. The fourth-order valence-electron chi connectivity index (χ4n) is 2.19. The first-order valence-corrected chi connectivity index (χ1v) is 8.75. The van der Waals surface area contributed by atoms with Crippen molar-refractivity contribution in [1.82, 2.24) is 15.0 Å². The van der Waals surface area contributed by atoms with Gasteiger partial charge in [-0.2, -0.15) is 0 Å². The molecular weight excluding hydrogens is 333 g/mol. The maximum Gasteiger partial charge on any atom is 0.311 e. The first-order valence-electron chi connectivity index (χ1n) is 8.75. The molecule has 0 aliphatic rings. The Morgan fingerprint density at radius 2 is 1.92 bits per heavy atom. The maximum atomic E-state index is 11.9. The minimum absolute atomic E-state index is 0.238. The predicted molar refractivity (Wildman–Crippen MR) is 97.2 cm³/mol. The van der Waals surface area contributed by atoms with Crippen LogP contribution in [0.25, 0.3) is 0 Å². The molecule has 0 aliphatic carbocycles. The third kappa shape index (κ3) is 7.37. The highest BCUT2D eigenvalue weighted by Gasteiger charge is 2.08. The van der Waals surface area contributed by atoms with Gasteiger partial charge in [-0.1, -0.05) is 29.2 Å². The first kappa shape index (κ1) is 20.1. The molecule has 1 heterocycles. The largest absolute Gasteiger partial charge is 0.427 e. The van der Waals surface area contributed by atoms with Gasteiger partial charge >= 0.3 is 5.97 Å². The van der Waals surface area contributed by atoms with E-state index in [-0.39, 0.29) is 12.4 Å². The van der Waals surface area contributed by atoms with Crippen LogP contribution in [0.2, 0.25) is 0 Å². The van der Waals surface area contributed by atoms with Gasteiger partial charge in [0.05, 0.1) is 46.3 Å². The maximum absolute atomic E-state index is 11.9. The average Bonchev–Trinajstić information content (AvgIpc) is 3.11. The molecule has 8 heteroatoms. The molecule has 0 aliphatic heterocycles. The highest BCUT2D eigenvalue weighted by atomic mass is 16.5. The number of ether oxygens (including phenoxy) is 3. The highest BCUT2D eigenvalue weighted by molar-refractivity contribution is 6.08. The molecule has 2 radical (unpaired) electrons. The minimum atomic E-state index is -0.306. The molecule has 2 rings (SSSR count). The van der Waals surface area contributed by atoms with Gasteiger partial charge in [-0.25, -0.2) is 4.68 Å². The molecule has 0 unspecified atom stereocenters. The molecule has 1 aromatic carbocycles. The number of carbonyl (C=O) groups is 1. The van der Waals surface area contributed by atoms with Crippen LogP contribution >= 0.6 is 0 Å². The van der Waals surface area contributed by atoms with Crippen LogP contribution in [-0.4, -0.2) is 55.2 Å². The number of hydrogen-bond acceptors (Lipinski definition) is 6. The average molecular weight is 357 g/mol. The molecule has 0 amide bonds. The van der Waals surface area contributed by atoms with E-state index in [0.29, 0.717) is 51.5 Å². The second-order valence-corrected chi connectivity index (χ2v) is 5.60. The Morgan fingerprint density at radius 1 is 1.15 bits per heavy atom. The van der Waals surface area contributed by atoms with E-state index in [4.69, 9.17) is 22.1 Å². The zero-order valence-electron chi connectivity index (χ0n) is 15.1. The summed E-state index contributed by atoms with van der Waals surface area (Å²) in [6, 6.07) is 7.15. The van der Waals surface area contributed by atoms with Gasteiger partial charge in [0.25, 0.3) is 0 Å². The van der Waals surface area contributed by atoms with E-state index >= 15 is 0 Å². The smallest absolute Gasteiger partial charge is 0.311 e. The highest BCUT2D eigenvalue weighted by Crippen LogP contribution is 2.13. The Morgan fingerprint density at radius 3 is 2.65 bits per heavy atom. The van der Waals surface area contributed by atoms with Gasteiger partial charge in [0.15, 0.2) is 0 Å². The molecule has 0 fully saturated rings. The van der Waals surface area contributed by atoms with Gasteiger partial charge in [0.1, 0.15) is 5.75 Å². The monoisotopic (exact) mass is 357 g/mol. The van der Waals surface area contributed by atoms with Crippen molar-refractivity contribution in [2.24, 2.45) is 0 Å². The van der Waals surface area contributed by atoms with Crippen LogP contribution < -0.4 is 4.74 Å². The van der Waals surface area contributed by atoms with E-state index in [9.17, 15) is 4.79 Å². The normalized spacial score (nSPS) is 10.8. The van der Waals surface area contributed by atoms with Gasteiger partial charge in [-0.05, 0) is 19.1 Å². The first-order chi connectivity index (χ1) is 12.7. The summed E-state index contributed by atoms with van der Waals surface area (Å²) in [7, 11) is 5.54. The third-order valence-electron chi connectivity index (χ3n) is 3.60. The van der Waals surface area contributed by atoms with E-state index in [1.54, 1.807) is 16.8 Å². The predicted octanol–water partition coefficient (Wildman–Crippen LogP) is 1.54. The van der Waals surface area contributed by atoms with Crippen LogP contribution in [-0.2, 0) is 33.6 Å². The molecular formula is C18H24BN3O4. The molecule has 0 N–H and O–H groups in total. The Bertz CT molecular complexity index is 661. The van der Waals surface area contributed by atoms with Crippen molar-refractivity contribution in [3.05, 3.63) is 41.7 Å². The van der Waals surface area contributed by atoms with Gasteiger partial charge < -0.3 is 14.2 Å². The molecule has 0 saturated heterocycles. The van der Waals surface area contributed by atoms with E-state index in [2.05, 4.69) is 10.3 Å². The molecule has 0 saturated carbocycles. The van der Waals surface area contributed by atoms with Crippen molar-refractivity contribution in [1.29, 1.82) is 0 Å². The topological polar surface area (TPSA) is 75.5 Å². The molecule has 7 nitrogen and oxygen atoms in total. The van der Waals surface area contributed by atoms with Gasteiger partial charge in [0, 0.05) is 19.2 Å². The summed E-state index contributed by atoms with van der Waals surface area (Å²) in [5.74, 6) is 0.208. The number of aryl methyl sites for hydroxylation is 1. The van der Waals surface area contributed by atoms with E-state index in [1.165, 1.54) is 0 Å². The molecule has 0 spiro atoms. The fourth-order valence-corrected chi connectivity index (χ4v) is 2.19. The fraction of sp³-hybridized carbons (Fsp3) is 0.500. The number of aromatic nitrogens is 3. The van der Waals surface area contributed by atoms with Crippen molar-refractivity contribution >= 4 is 13.8 Å². The summed E-state index contributed by atoms with van der Waals surface area (Å²) in [6.07, 6.45) is 2.99. The summed E-state index contributed by atoms with van der Waals surface area (Å²) < 4.78 is 17.6. The zero-order valence-corrected chi connectivity index (χ0v) is 15.1. The Hall–Kier alpha value is -2.19. The van der Waals surface area contributed by atoms with Crippen molar-refractivity contribution in [2.75, 3.05) is 26.4 Å². The van der Waals surface area contributed by atoms with Crippen LogP contribution in [0.3, 0.4) is 0 Å². The molecule has 26 heavy (non-hydrogen) atoms. The van der Waals surface area contributed by atoms with Crippen molar-refractivity contribution in [2.45, 2.75) is 32.6 Å². The van der Waals surface area contributed by atoms with Crippen molar-refractivity contribution < 1.29 is 19.0 Å². The number of rotatable bonds is 12. The molecule has 2 aromatic rings. The quantitative estimate of drug-likeness (QED) is 0.248. The second kappa shape index (κ2) is 11.4. The number of hydrogen-bond donors (Lipinski definition) is 0. The number of esters is 1. The van der Waals surface area contributed by atoms with Crippen LogP contribution in [0.4, 0.5) is 0 Å². The van der Waals surface area contributed by atoms with E-state index < -0.39 is 0 Å². The van der Waals surface area contributed by atoms with Gasteiger partial charge in [0.2, 0.25) is 0 Å². The molecule has 0 atom stereocenters. The standard InChI is InChI=1S/C18H24BN3O4/c1-2-24-11-12-25-10-9-22-14-16(20-21-22)5-8-18(23)26-17-6-3-15(13-19)4-7-17/h3-4,6-7,14H,2,5,8-13H2,1H3. The SMILES string of the molecule is [B]Cc1ccc(OC(=O)CCc2cn(CCOCCOCC)nn2)cc1. The number of benzene rings is 1. The number of nitrogens with zero attached hydrogens (tertiary/aromatic N) is 3. The van der Waals surface area contributed by atoms with Crippen LogP contribution in [0.1, 0.15) is 24.6 Å². The van der Waals surface area contributed by atoms with Gasteiger partial charge in [-0.3, -0.25) is 4.79 Å². The molecule has 0 bridgehead atoms. The van der Waals surface area contributed by atoms with Crippen molar-refractivity contribution in [3.63, 3.8) is 0 Å². The summed E-state index contributed by atoms with van der Waals surface area (Å²) >= 11 is 0. The Kier molecular flexibility index (Phi) is 8.85. The lowest BCUT2D eigenvalue weighted by molar-refractivity contribution is -0.134. The van der Waals surface area contributed by atoms with E-state index in [0.717, 1.165) is 11.3 Å². The van der Waals surface area contributed by atoms with E-state index in [1.807, 2.05) is 25.3 Å². The minimum Gasteiger partial charge on any atom is -0.427 e. The van der Waals surface area contributed by atoms with Crippen LogP contribution in [0.15, 0.2) is 30.5 Å². The lowest BCUT2D eigenvalue weighted by Crippen LogP contribution is -2.10. The third-order valence-corrected chi connectivity index (χ3v) is 3.60. The number of carbonyl (C=O) groups excluding carboxylic acids is 1.